The van der Waals surface area contributed by atoms with Gasteiger partial charge in [-0.2, -0.15) is 0 Å². The highest BCUT2D eigenvalue weighted by Crippen LogP contribution is 2.16. The summed E-state index contributed by atoms with van der Waals surface area (Å²) in [7, 11) is 0. The van der Waals surface area contributed by atoms with Crippen LogP contribution in [0, 0.1) is 17.5 Å². The largest absolute Gasteiger partial charge is 0.268 e. The molecular weight excluding hydrogens is 227 g/mol. The Morgan fingerprint density at radius 3 is 2.20 bits per heavy atom. The van der Waals surface area contributed by atoms with Crippen LogP contribution in [0.4, 0.5) is 13.2 Å². The molecule has 0 spiro atoms. The Bertz CT molecular complexity index is 537. The average Bonchev–Trinajstić information content (AvgIpc) is 2.60. The van der Waals surface area contributed by atoms with Crippen molar-refractivity contribution in [2.45, 2.75) is 0 Å². The number of hydrogen-bond donors (Lipinski definition) is 0. The molecule has 0 radical (unpaired) electrons. The minimum Gasteiger partial charge on any atom is -0.268 e. The van der Waals surface area contributed by atoms with Gasteiger partial charge in [-0.3, -0.25) is 4.79 Å². The molecule has 0 aliphatic rings. The molecule has 0 saturated carbocycles. The SMILES string of the molecule is O=c1ccsn1-c1cc(F)c(F)c(F)c1. The highest BCUT2D eigenvalue weighted by molar-refractivity contribution is 7.04. The first kappa shape index (κ1) is 9.97. The normalized spacial score (nSPS) is 10.6. The maximum atomic E-state index is 12.8. The molecule has 1 aromatic heterocycles. The van der Waals surface area contributed by atoms with Crippen molar-refractivity contribution in [3.63, 3.8) is 0 Å². The van der Waals surface area contributed by atoms with E-state index in [4.69, 9.17) is 0 Å². The third-order valence-electron chi connectivity index (χ3n) is 1.78. The van der Waals surface area contributed by atoms with E-state index in [1.54, 1.807) is 0 Å². The summed E-state index contributed by atoms with van der Waals surface area (Å²) in [5.41, 5.74) is -0.434. The summed E-state index contributed by atoms with van der Waals surface area (Å²) in [6.45, 7) is 0. The fourth-order valence-electron chi connectivity index (χ4n) is 1.12. The lowest BCUT2D eigenvalue weighted by Gasteiger charge is -2.02. The fourth-order valence-corrected chi connectivity index (χ4v) is 1.81. The third kappa shape index (κ3) is 1.68. The topological polar surface area (TPSA) is 22.0 Å². The quantitative estimate of drug-likeness (QED) is 0.690. The zero-order valence-electron chi connectivity index (χ0n) is 7.21. The zero-order chi connectivity index (χ0) is 11.0. The van der Waals surface area contributed by atoms with E-state index in [1.807, 2.05) is 0 Å². The minimum absolute atomic E-state index is 0.0219. The van der Waals surface area contributed by atoms with Crippen LogP contribution in [0.3, 0.4) is 0 Å². The Labute approximate surface area is 86.4 Å². The second kappa shape index (κ2) is 3.54. The molecule has 0 atom stereocenters. The van der Waals surface area contributed by atoms with Crippen LogP contribution < -0.4 is 5.56 Å². The van der Waals surface area contributed by atoms with E-state index < -0.39 is 23.0 Å². The minimum atomic E-state index is -1.54. The Morgan fingerprint density at radius 1 is 1.13 bits per heavy atom. The van der Waals surface area contributed by atoms with Crippen LogP contribution >= 0.6 is 11.5 Å². The van der Waals surface area contributed by atoms with Gasteiger partial charge in [-0.05, 0) is 0 Å². The molecule has 0 unspecified atom stereocenters. The van der Waals surface area contributed by atoms with E-state index in [0.29, 0.717) is 0 Å². The lowest BCUT2D eigenvalue weighted by Crippen LogP contribution is -2.10. The number of aromatic nitrogens is 1. The van der Waals surface area contributed by atoms with Crippen LogP contribution in [-0.2, 0) is 0 Å². The van der Waals surface area contributed by atoms with Crippen LogP contribution in [0.15, 0.2) is 28.4 Å². The third-order valence-corrected chi connectivity index (χ3v) is 2.64. The van der Waals surface area contributed by atoms with Crippen molar-refractivity contribution in [2.24, 2.45) is 0 Å². The van der Waals surface area contributed by atoms with E-state index in [9.17, 15) is 18.0 Å². The summed E-state index contributed by atoms with van der Waals surface area (Å²) in [5.74, 6) is -4.17. The monoisotopic (exact) mass is 231 g/mol. The van der Waals surface area contributed by atoms with Crippen molar-refractivity contribution in [3.05, 3.63) is 51.4 Å². The molecular formula is C9H4F3NOS. The number of rotatable bonds is 1. The average molecular weight is 231 g/mol. The summed E-state index contributed by atoms with van der Waals surface area (Å²) in [6.07, 6.45) is 0. The van der Waals surface area contributed by atoms with Gasteiger partial charge in [-0.15, -0.1) is 0 Å². The van der Waals surface area contributed by atoms with Crippen LogP contribution in [0.5, 0.6) is 0 Å². The summed E-state index contributed by atoms with van der Waals surface area (Å²) >= 11 is 0.974. The molecule has 2 aromatic rings. The predicted molar refractivity (Wildman–Crippen MR) is 49.8 cm³/mol. The Balaban J connectivity index is 2.66. The Hall–Kier alpha value is -1.56. The standard InChI is InChI=1S/C9H4F3NOS/c10-6-3-5(4-7(11)9(6)12)13-8(14)1-2-15-13/h1-4H. The molecule has 78 valence electrons. The Kier molecular flexibility index (Phi) is 2.36. The number of hydrogen-bond acceptors (Lipinski definition) is 2. The van der Waals surface area contributed by atoms with Gasteiger partial charge in [-0.1, -0.05) is 11.5 Å². The smallest absolute Gasteiger partial charge is 0.265 e. The first-order valence-corrected chi connectivity index (χ1v) is 4.75. The number of halogens is 3. The first-order valence-electron chi connectivity index (χ1n) is 3.91. The van der Waals surface area contributed by atoms with Gasteiger partial charge in [0.1, 0.15) is 0 Å². The number of benzene rings is 1. The van der Waals surface area contributed by atoms with Crippen LogP contribution in [0.1, 0.15) is 0 Å². The maximum absolute atomic E-state index is 12.8. The molecule has 0 aliphatic carbocycles. The van der Waals surface area contributed by atoms with Gasteiger partial charge in [0.05, 0.1) is 5.69 Å². The molecule has 0 fully saturated rings. The molecule has 0 saturated heterocycles. The van der Waals surface area contributed by atoms with Gasteiger partial charge in [-0.25, -0.2) is 17.1 Å². The summed E-state index contributed by atoms with van der Waals surface area (Å²) in [6, 6.07) is 2.80. The maximum Gasteiger partial charge on any atom is 0.265 e. The molecule has 1 aromatic carbocycles. The van der Waals surface area contributed by atoms with Crippen molar-refractivity contribution < 1.29 is 13.2 Å². The van der Waals surface area contributed by atoms with E-state index in [-0.39, 0.29) is 5.69 Å². The highest BCUT2D eigenvalue weighted by Gasteiger charge is 2.12. The summed E-state index contributed by atoms with van der Waals surface area (Å²) in [4.78, 5) is 11.2. The van der Waals surface area contributed by atoms with E-state index in [2.05, 4.69) is 0 Å². The van der Waals surface area contributed by atoms with Crippen LogP contribution in [0.2, 0.25) is 0 Å². The van der Waals surface area contributed by atoms with Gasteiger partial charge in [0.15, 0.2) is 17.5 Å². The molecule has 0 bridgehead atoms. The van der Waals surface area contributed by atoms with Crippen molar-refractivity contribution >= 4 is 11.5 Å². The van der Waals surface area contributed by atoms with Crippen molar-refractivity contribution in [2.75, 3.05) is 0 Å². The Morgan fingerprint density at radius 2 is 1.73 bits per heavy atom. The summed E-state index contributed by atoms with van der Waals surface area (Å²) < 4.78 is 39.4. The molecule has 2 rings (SSSR count). The lowest BCUT2D eigenvalue weighted by atomic mass is 10.3. The van der Waals surface area contributed by atoms with Gasteiger partial charge in [0.25, 0.3) is 5.56 Å². The van der Waals surface area contributed by atoms with Crippen molar-refractivity contribution in [3.8, 4) is 5.69 Å². The second-order valence-electron chi connectivity index (χ2n) is 2.76. The van der Waals surface area contributed by atoms with Gasteiger partial charge >= 0.3 is 0 Å². The predicted octanol–water partition coefficient (Wildman–Crippen LogP) is 2.32. The van der Waals surface area contributed by atoms with Crippen LogP contribution in [0.25, 0.3) is 5.69 Å². The molecule has 15 heavy (non-hydrogen) atoms. The molecule has 0 aliphatic heterocycles. The first-order chi connectivity index (χ1) is 7.09. The highest BCUT2D eigenvalue weighted by atomic mass is 32.1. The van der Waals surface area contributed by atoms with Crippen molar-refractivity contribution in [1.82, 2.24) is 3.96 Å². The van der Waals surface area contributed by atoms with E-state index in [0.717, 1.165) is 27.6 Å². The van der Waals surface area contributed by atoms with E-state index in [1.165, 1.54) is 11.4 Å². The molecule has 6 heteroatoms. The van der Waals surface area contributed by atoms with Gasteiger partial charge in [0, 0.05) is 23.6 Å². The van der Waals surface area contributed by atoms with E-state index >= 15 is 0 Å². The van der Waals surface area contributed by atoms with Crippen LogP contribution in [-0.4, -0.2) is 3.96 Å². The van der Waals surface area contributed by atoms with Gasteiger partial charge < -0.3 is 0 Å². The fraction of sp³-hybridized carbons (Fsp3) is 0. The molecule has 1 heterocycles. The lowest BCUT2D eigenvalue weighted by molar-refractivity contribution is 0.446. The molecule has 0 amide bonds. The van der Waals surface area contributed by atoms with Crippen molar-refractivity contribution in [1.29, 1.82) is 0 Å². The van der Waals surface area contributed by atoms with Gasteiger partial charge in [0.2, 0.25) is 0 Å². The zero-order valence-corrected chi connectivity index (χ0v) is 8.02. The molecule has 2 nitrogen and oxygen atoms in total. The molecule has 0 N–H and O–H groups in total. The second-order valence-corrected chi connectivity index (χ2v) is 3.61. The number of nitrogens with zero attached hydrogens (tertiary/aromatic N) is 1. The summed E-state index contributed by atoms with van der Waals surface area (Å²) in [5, 5.41) is 1.47.